The fourth-order valence-electron chi connectivity index (χ4n) is 3.94. The summed E-state index contributed by atoms with van der Waals surface area (Å²) in [5, 5.41) is 3.38. The topological polar surface area (TPSA) is 81.9 Å². The standard InChI is InChI=1S/C24H28N4O3/c1-29-21-12-17(13-22(30-2)24(21)31-3)20-15-27-14-19(23(20)25)16-4-6-18(7-5-16)28-10-8-26-9-11-28/h4-7,12-15,26H,8-11H2,1-3H3,(H2,25,27). The second-order valence-corrected chi connectivity index (χ2v) is 7.35. The molecule has 1 aliphatic rings. The van der Waals surface area contributed by atoms with Crippen molar-refractivity contribution in [2.75, 3.05) is 58.1 Å². The van der Waals surface area contributed by atoms with Crippen molar-refractivity contribution >= 4 is 11.4 Å². The molecular formula is C24H28N4O3. The van der Waals surface area contributed by atoms with Crippen LogP contribution in [0.25, 0.3) is 22.3 Å². The molecule has 4 rings (SSSR count). The van der Waals surface area contributed by atoms with Crippen molar-refractivity contribution in [3.05, 3.63) is 48.8 Å². The van der Waals surface area contributed by atoms with Gasteiger partial charge in [-0.2, -0.15) is 0 Å². The predicted molar refractivity (Wildman–Crippen MR) is 124 cm³/mol. The Morgan fingerprint density at radius 1 is 0.839 bits per heavy atom. The molecule has 7 nitrogen and oxygen atoms in total. The van der Waals surface area contributed by atoms with E-state index in [1.54, 1.807) is 33.7 Å². The van der Waals surface area contributed by atoms with Crippen LogP contribution in [0.4, 0.5) is 11.4 Å². The fourth-order valence-corrected chi connectivity index (χ4v) is 3.94. The average molecular weight is 421 g/mol. The van der Waals surface area contributed by atoms with E-state index in [0.717, 1.165) is 48.4 Å². The minimum Gasteiger partial charge on any atom is -0.493 e. The van der Waals surface area contributed by atoms with Gasteiger partial charge in [-0.05, 0) is 35.4 Å². The lowest BCUT2D eigenvalue weighted by Crippen LogP contribution is -2.43. The summed E-state index contributed by atoms with van der Waals surface area (Å²) in [6, 6.07) is 12.3. The molecule has 0 radical (unpaired) electrons. The molecule has 0 unspecified atom stereocenters. The highest BCUT2D eigenvalue weighted by molar-refractivity contribution is 5.89. The molecule has 1 aromatic heterocycles. The molecule has 7 heteroatoms. The third-order valence-electron chi connectivity index (χ3n) is 5.62. The van der Waals surface area contributed by atoms with E-state index < -0.39 is 0 Å². The van der Waals surface area contributed by atoms with Crippen molar-refractivity contribution in [1.82, 2.24) is 10.3 Å². The van der Waals surface area contributed by atoms with Crippen LogP contribution < -0.4 is 30.2 Å². The maximum absolute atomic E-state index is 6.61. The summed E-state index contributed by atoms with van der Waals surface area (Å²) >= 11 is 0. The van der Waals surface area contributed by atoms with Crippen LogP contribution in [-0.4, -0.2) is 52.5 Å². The number of benzene rings is 2. The van der Waals surface area contributed by atoms with Gasteiger partial charge in [0.1, 0.15) is 0 Å². The van der Waals surface area contributed by atoms with Crippen molar-refractivity contribution in [3.63, 3.8) is 0 Å². The first-order chi connectivity index (χ1) is 15.2. The van der Waals surface area contributed by atoms with E-state index in [-0.39, 0.29) is 0 Å². The largest absolute Gasteiger partial charge is 0.493 e. The van der Waals surface area contributed by atoms with Crippen LogP contribution in [0.5, 0.6) is 17.2 Å². The Hall–Kier alpha value is -3.45. The summed E-state index contributed by atoms with van der Waals surface area (Å²) < 4.78 is 16.4. The zero-order chi connectivity index (χ0) is 21.8. The number of nitrogens with zero attached hydrogens (tertiary/aromatic N) is 2. The molecule has 2 heterocycles. The number of pyridine rings is 1. The van der Waals surface area contributed by atoms with Gasteiger partial charge >= 0.3 is 0 Å². The Bertz CT molecular complexity index is 1020. The summed E-state index contributed by atoms with van der Waals surface area (Å²) in [5.74, 6) is 1.68. The Morgan fingerprint density at radius 3 is 1.97 bits per heavy atom. The third kappa shape index (κ3) is 4.09. The highest BCUT2D eigenvalue weighted by Crippen LogP contribution is 2.43. The summed E-state index contributed by atoms with van der Waals surface area (Å²) in [7, 11) is 4.78. The van der Waals surface area contributed by atoms with Gasteiger partial charge in [-0.15, -0.1) is 0 Å². The van der Waals surface area contributed by atoms with Gasteiger partial charge in [0, 0.05) is 55.4 Å². The van der Waals surface area contributed by atoms with Crippen LogP contribution in [0.1, 0.15) is 0 Å². The van der Waals surface area contributed by atoms with E-state index in [0.29, 0.717) is 22.9 Å². The molecule has 0 aliphatic carbocycles. The van der Waals surface area contributed by atoms with E-state index in [1.807, 2.05) is 12.1 Å². The van der Waals surface area contributed by atoms with E-state index in [9.17, 15) is 0 Å². The Balaban J connectivity index is 1.71. The van der Waals surface area contributed by atoms with Gasteiger partial charge in [-0.1, -0.05) is 12.1 Å². The molecule has 1 aliphatic heterocycles. The summed E-state index contributed by atoms with van der Waals surface area (Å²) in [6.07, 6.45) is 3.56. The molecule has 0 spiro atoms. The first-order valence-electron chi connectivity index (χ1n) is 10.3. The van der Waals surface area contributed by atoms with Gasteiger partial charge in [0.15, 0.2) is 11.5 Å². The monoisotopic (exact) mass is 420 g/mol. The second kappa shape index (κ2) is 9.14. The number of nitrogens with one attached hydrogen (secondary N) is 1. The molecule has 31 heavy (non-hydrogen) atoms. The molecule has 1 saturated heterocycles. The maximum Gasteiger partial charge on any atom is 0.203 e. The van der Waals surface area contributed by atoms with E-state index in [2.05, 4.69) is 39.5 Å². The molecule has 0 amide bonds. The number of aromatic nitrogens is 1. The summed E-state index contributed by atoms with van der Waals surface area (Å²) in [6.45, 7) is 4.05. The number of hydrogen-bond donors (Lipinski definition) is 2. The van der Waals surface area contributed by atoms with Crippen molar-refractivity contribution in [2.45, 2.75) is 0 Å². The van der Waals surface area contributed by atoms with Crippen molar-refractivity contribution in [2.24, 2.45) is 0 Å². The van der Waals surface area contributed by atoms with Gasteiger partial charge in [-0.25, -0.2) is 0 Å². The lowest BCUT2D eigenvalue weighted by Gasteiger charge is -2.29. The van der Waals surface area contributed by atoms with Crippen LogP contribution in [0.15, 0.2) is 48.8 Å². The number of piperazine rings is 1. The van der Waals surface area contributed by atoms with Crippen molar-refractivity contribution in [3.8, 4) is 39.5 Å². The molecule has 3 aromatic rings. The maximum atomic E-state index is 6.61. The lowest BCUT2D eigenvalue weighted by molar-refractivity contribution is 0.324. The molecule has 3 N–H and O–H groups in total. The van der Waals surface area contributed by atoms with Crippen LogP contribution in [0.3, 0.4) is 0 Å². The molecule has 0 atom stereocenters. The first-order valence-corrected chi connectivity index (χ1v) is 10.3. The van der Waals surface area contributed by atoms with Gasteiger partial charge in [-0.3, -0.25) is 4.98 Å². The van der Waals surface area contributed by atoms with Crippen molar-refractivity contribution < 1.29 is 14.2 Å². The van der Waals surface area contributed by atoms with E-state index in [4.69, 9.17) is 19.9 Å². The molecule has 2 aromatic carbocycles. The Morgan fingerprint density at radius 2 is 1.42 bits per heavy atom. The number of nitrogens with two attached hydrogens (primary N) is 1. The van der Waals surface area contributed by atoms with Gasteiger partial charge in [0.05, 0.1) is 27.0 Å². The molecule has 0 saturated carbocycles. The highest BCUT2D eigenvalue weighted by atomic mass is 16.5. The number of ether oxygens (including phenoxy) is 3. The van der Waals surface area contributed by atoms with E-state index >= 15 is 0 Å². The number of methoxy groups -OCH3 is 3. The molecule has 1 fully saturated rings. The van der Waals surface area contributed by atoms with Crippen LogP contribution in [-0.2, 0) is 0 Å². The molecular weight excluding hydrogens is 392 g/mol. The molecule has 162 valence electrons. The number of rotatable bonds is 6. The van der Waals surface area contributed by atoms with Crippen molar-refractivity contribution in [1.29, 1.82) is 0 Å². The lowest BCUT2D eigenvalue weighted by atomic mass is 9.98. The van der Waals surface area contributed by atoms with E-state index in [1.165, 1.54) is 5.69 Å². The van der Waals surface area contributed by atoms with Crippen LogP contribution >= 0.6 is 0 Å². The average Bonchev–Trinajstić information content (AvgIpc) is 2.84. The summed E-state index contributed by atoms with van der Waals surface area (Å²) in [4.78, 5) is 6.84. The Kier molecular flexibility index (Phi) is 6.13. The van der Waals surface area contributed by atoms with Gasteiger partial charge in [0.25, 0.3) is 0 Å². The zero-order valence-corrected chi connectivity index (χ0v) is 18.1. The number of anilines is 2. The first kappa shape index (κ1) is 20.8. The minimum atomic E-state index is 0.542. The Labute approximate surface area is 182 Å². The summed E-state index contributed by atoms with van der Waals surface area (Å²) in [5.41, 5.74) is 12.0. The fraction of sp³-hybridized carbons (Fsp3) is 0.292. The number of hydrogen-bond acceptors (Lipinski definition) is 7. The van der Waals surface area contributed by atoms with Crippen LogP contribution in [0.2, 0.25) is 0 Å². The third-order valence-corrected chi connectivity index (χ3v) is 5.62. The zero-order valence-electron chi connectivity index (χ0n) is 18.1. The smallest absolute Gasteiger partial charge is 0.203 e. The minimum absolute atomic E-state index is 0.542. The second-order valence-electron chi connectivity index (χ2n) is 7.35. The SMILES string of the molecule is COc1cc(-c2cncc(-c3ccc(N4CCNCC4)cc3)c2N)cc(OC)c1OC. The quantitative estimate of drug-likeness (QED) is 0.632. The van der Waals surface area contributed by atoms with Gasteiger partial charge in [0.2, 0.25) is 5.75 Å². The highest BCUT2D eigenvalue weighted by Gasteiger charge is 2.17. The number of nitrogen functional groups attached to an aromatic ring is 1. The normalized spacial score (nSPS) is 13.7. The van der Waals surface area contributed by atoms with Crippen LogP contribution in [0, 0.1) is 0 Å². The van der Waals surface area contributed by atoms with Gasteiger partial charge < -0.3 is 30.2 Å². The predicted octanol–water partition coefficient (Wildman–Crippen LogP) is 3.43. The molecule has 0 bridgehead atoms.